The maximum absolute atomic E-state index is 12.4. The van der Waals surface area contributed by atoms with E-state index in [1.807, 2.05) is 0 Å². The fourth-order valence-electron chi connectivity index (χ4n) is 2.68. The van der Waals surface area contributed by atoms with Crippen LogP contribution in [0.15, 0.2) is 24.3 Å². The lowest BCUT2D eigenvalue weighted by Gasteiger charge is -2.38. The molecule has 5 heteroatoms. The van der Waals surface area contributed by atoms with E-state index in [0.717, 1.165) is 19.4 Å². The van der Waals surface area contributed by atoms with Crippen molar-refractivity contribution in [2.75, 3.05) is 19.0 Å². The monoisotopic (exact) mass is 290 g/mol. The zero-order chi connectivity index (χ0) is 15.5. The van der Waals surface area contributed by atoms with Crippen molar-refractivity contribution in [2.45, 2.75) is 32.7 Å². The normalized spacial score (nSPS) is 20.6. The molecule has 0 saturated carbocycles. The van der Waals surface area contributed by atoms with E-state index in [-0.39, 0.29) is 23.3 Å². The molecular formula is C16H22N2O3. The number of amides is 1. The summed E-state index contributed by atoms with van der Waals surface area (Å²) < 4.78 is 4.64. The zero-order valence-electron chi connectivity index (χ0n) is 12.7. The number of anilines is 1. The van der Waals surface area contributed by atoms with E-state index in [2.05, 4.69) is 29.2 Å². The molecule has 0 radical (unpaired) electrons. The fraction of sp³-hybridized carbons (Fsp3) is 0.500. The predicted molar refractivity (Wildman–Crippen MR) is 81.2 cm³/mol. The lowest BCUT2D eigenvalue weighted by Crippen LogP contribution is -2.53. The van der Waals surface area contributed by atoms with Crippen LogP contribution in [0.2, 0.25) is 0 Å². The smallest absolute Gasteiger partial charge is 0.337 e. The molecule has 1 aliphatic heterocycles. The summed E-state index contributed by atoms with van der Waals surface area (Å²) in [5, 5.41) is 6.18. The molecule has 1 aromatic rings. The average molecular weight is 290 g/mol. The largest absolute Gasteiger partial charge is 0.465 e. The summed E-state index contributed by atoms with van der Waals surface area (Å²) in [4.78, 5) is 23.8. The molecule has 0 aromatic heterocycles. The van der Waals surface area contributed by atoms with E-state index in [1.54, 1.807) is 24.3 Å². The molecule has 1 amide bonds. The third-order valence-electron chi connectivity index (χ3n) is 3.96. The molecule has 114 valence electrons. The van der Waals surface area contributed by atoms with E-state index in [9.17, 15) is 9.59 Å². The molecule has 1 aliphatic rings. The first-order valence-electron chi connectivity index (χ1n) is 7.17. The van der Waals surface area contributed by atoms with Crippen LogP contribution in [0.25, 0.3) is 0 Å². The highest BCUT2D eigenvalue weighted by molar-refractivity contribution is 5.96. The summed E-state index contributed by atoms with van der Waals surface area (Å²) in [5.74, 6) is -0.423. The quantitative estimate of drug-likeness (QED) is 0.837. The number of nitrogens with one attached hydrogen (secondary N) is 2. The Balaban J connectivity index is 2.04. The summed E-state index contributed by atoms with van der Waals surface area (Å²) in [6.45, 7) is 5.07. The topological polar surface area (TPSA) is 67.4 Å². The molecule has 1 saturated heterocycles. The van der Waals surface area contributed by atoms with Gasteiger partial charge in [0.1, 0.15) is 0 Å². The number of hydrogen-bond acceptors (Lipinski definition) is 4. The van der Waals surface area contributed by atoms with Crippen LogP contribution in [0.1, 0.15) is 37.0 Å². The highest BCUT2D eigenvalue weighted by atomic mass is 16.5. The van der Waals surface area contributed by atoms with Gasteiger partial charge in [0.05, 0.1) is 18.7 Å². The molecule has 0 spiro atoms. The minimum atomic E-state index is -0.386. The summed E-state index contributed by atoms with van der Waals surface area (Å²) in [6.07, 6.45) is 2.12. The van der Waals surface area contributed by atoms with Crippen molar-refractivity contribution in [1.82, 2.24) is 5.32 Å². The second-order valence-electron chi connectivity index (χ2n) is 6.04. The second-order valence-corrected chi connectivity index (χ2v) is 6.04. The van der Waals surface area contributed by atoms with Crippen LogP contribution in [-0.2, 0) is 9.53 Å². The number of piperidine rings is 1. The Morgan fingerprint density at radius 3 is 2.52 bits per heavy atom. The van der Waals surface area contributed by atoms with E-state index in [0.29, 0.717) is 11.3 Å². The van der Waals surface area contributed by atoms with Crippen LogP contribution in [0.4, 0.5) is 5.69 Å². The van der Waals surface area contributed by atoms with Gasteiger partial charge in [0.15, 0.2) is 0 Å². The number of rotatable bonds is 3. The molecule has 1 atom stereocenters. The number of carbonyl (C=O) groups is 2. The maximum Gasteiger partial charge on any atom is 0.337 e. The van der Waals surface area contributed by atoms with Crippen molar-refractivity contribution in [3.05, 3.63) is 29.8 Å². The van der Waals surface area contributed by atoms with E-state index in [1.165, 1.54) is 7.11 Å². The van der Waals surface area contributed by atoms with Crippen LogP contribution >= 0.6 is 0 Å². The second kappa shape index (κ2) is 6.26. The van der Waals surface area contributed by atoms with E-state index >= 15 is 0 Å². The Labute approximate surface area is 125 Å². The van der Waals surface area contributed by atoms with Gasteiger partial charge in [0.25, 0.3) is 0 Å². The predicted octanol–water partition coefficient (Wildman–Crippen LogP) is 2.19. The number of methoxy groups -OCH3 is 1. The summed E-state index contributed by atoms with van der Waals surface area (Å²) in [6, 6.07) is 6.49. The van der Waals surface area contributed by atoms with Crippen molar-refractivity contribution >= 4 is 17.6 Å². The summed E-state index contributed by atoms with van der Waals surface area (Å²) >= 11 is 0. The van der Waals surface area contributed by atoms with Crippen molar-refractivity contribution in [2.24, 2.45) is 5.41 Å². The number of carbonyl (C=O) groups excluding carboxylic acids is 2. The first-order chi connectivity index (χ1) is 9.94. The van der Waals surface area contributed by atoms with Crippen LogP contribution < -0.4 is 10.6 Å². The molecular weight excluding hydrogens is 268 g/mol. The van der Waals surface area contributed by atoms with Gasteiger partial charge in [-0.3, -0.25) is 4.79 Å². The maximum atomic E-state index is 12.4. The highest BCUT2D eigenvalue weighted by Crippen LogP contribution is 2.30. The van der Waals surface area contributed by atoms with Crippen LogP contribution in [0.5, 0.6) is 0 Å². The minimum Gasteiger partial charge on any atom is -0.465 e. The lowest BCUT2D eigenvalue weighted by molar-refractivity contribution is -0.121. The number of ether oxygens (including phenoxy) is 1. The molecule has 2 N–H and O–H groups in total. The Bertz CT molecular complexity index is 523. The SMILES string of the molecule is COC(=O)c1ccc(NC(=O)C2NCCCC2(C)C)cc1. The van der Waals surface area contributed by atoms with Crippen LogP contribution in [0.3, 0.4) is 0 Å². The first-order valence-corrected chi connectivity index (χ1v) is 7.17. The number of benzene rings is 1. The molecule has 1 unspecified atom stereocenters. The summed E-state index contributed by atoms with van der Waals surface area (Å²) in [5.41, 5.74) is 1.08. The van der Waals surface area contributed by atoms with Gasteiger partial charge in [-0.25, -0.2) is 4.79 Å². The van der Waals surface area contributed by atoms with Crippen molar-refractivity contribution in [3.8, 4) is 0 Å². The van der Waals surface area contributed by atoms with Crippen molar-refractivity contribution < 1.29 is 14.3 Å². The number of hydrogen-bond donors (Lipinski definition) is 2. The Hall–Kier alpha value is -1.88. The van der Waals surface area contributed by atoms with Gasteiger partial charge in [-0.15, -0.1) is 0 Å². The average Bonchev–Trinajstić information content (AvgIpc) is 2.46. The molecule has 0 aliphatic carbocycles. The Morgan fingerprint density at radius 2 is 1.95 bits per heavy atom. The molecule has 5 nitrogen and oxygen atoms in total. The third kappa shape index (κ3) is 3.61. The summed E-state index contributed by atoms with van der Waals surface area (Å²) in [7, 11) is 1.34. The molecule has 0 bridgehead atoms. The number of esters is 1. The lowest BCUT2D eigenvalue weighted by atomic mass is 9.77. The first kappa shape index (κ1) is 15.5. The van der Waals surface area contributed by atoms with Gasteiger partial charge in [-0.05, 0) is 49.1 Å². The van der Waals surface area contributed by atoms with E-state index < -0.39 is 0 Å². The van der Waals surface area contributed by atoms with Gasteiger partial charge in [-0.1, -0.05) is 13.8 Å². The highest BCUT2D eigenvalue weighted by Gasteiger charge is 2.37. The van der Waals surface area contributed by atoms with Crippen LogP contribution in [0, 0.1) is 5.41 Å². The zero-order valence-corrected chi connectivity index (χ0v) is 12.7. The molecule has 2 rings (SSSR count). The van der Waals surface area contributed by atoms with Gasteiger partial charge < -0.3 is 15.4 Å². The van der Waals surface area contributed by atoms with Gasteiger partial charge in [-0.2, -0.15) is 0 Å². The minimum absolute atomic E-state index is 0.0366. The van der Waals surface area contributed by atoms with Gasteiger partial charge in [0.2, 0.25) is 5.91 Å². The van der Waals surface area contributed by atoms with Gasteiger partial charge >= 0.3 is 5.97 Å². The molecule has 1 fully saturated rings. The van der Waals surface area contributed by atoms with E-state index in [4.69, 9.17) is 0 Å². The molecule has 1 heterocycles. The van der Waals surface area contributed by atoms with Crippen LogP contribution in [-0.4, -0.2) is 31.6 Å². The Morgan fingerprint density at radius 1 is 1.29 bits per heavy atom. The third-order valence-corrected chi connectivity index (χ3v) is 3.96. The van der Waals surface area contributed by atoms with Crippen molar-refractivity contribution in [3.63, 3.8) is 0 Å². The molecule has 1 aromatic carbocycles. The Kier molecular flexibility index (Phi) is 4.63. The van der Waals surface area contributed by atoms with Gasteiger partial charge in [0, 0.05) is 5.69 Å². The standard InChI is InChI=1S/C16H22N2O3/c1-16(2)9-4-10-17-13(16)14(19)18-12-7-5-11(6-8-12)15(20)21-3/h5-8,13,17H,4,9-10H2,1-3H3,(H,18,19). The fourth-order valence-corrected chi connectivity index (χ4v) is 2.68. The molecule has 21 heavy (non-hydrogen) atoms. The van der Waals surface area contributed by atoms with Crippen molar-refractivity contribution in [1.29, 1.82) is 0 Å².